The first-order valence-corrected chi connectivity index (χ1v) is 7.30. The number of anilines is 1. The molecule has 0 spiro atoms. The average molecular weight is 339 g/mol. The van der Waals surface area contributed by atoms with E-state index in [0.29, 0.717) is 11.6 Å². The van der Waals surface area contributed by atoms with Gasteiger partial charge in [0.05, 0.1) is 5.56 Å². The Hall–Kier alpha value is -1.54. The number of nitrogens with zero attached hydrogens (tertiary/aromatic N) is 5. The lowest BCUT2D eigenvalue weighted by molar-refractivity contribution is 0.825. The predicted octanol–water partition coefficient (Wildman–Crippen LogP) is 2.72. The topological polar surface area (TPSA) is 82.0 Å². The number of hydrogen-bond donors (Lipinski definition) is 1. The summed E-state index contributed by atoms with van der Waals surface area (Å²) in [7, 11) is 0. The molecule has 0 aliphatic rings. The maximum absolute atomic E-state index is 5.65. The highest BCUT2D eigenvalue weighted by atomic mass is 79.9. The number of aromatic nitrogens is 5. The molecule has 0 aliphatic carbocycles. The first kappa shape index (κ1) is 12.5. The Bertz CT molecular complexity index is 747. The number of rotatable bonds is 2. The van der Waals surface area contributed by atoms with Crippen LogP contribution in [-0.2, 0) is 0 Å². The van der Waals surface area contributed by atoms with E-state index in [9.17, 15) is 0 Å². The third-order valence-corrected chi connectivity index (χ3v) is 4.27. The zero-order valence-corrected chi connectivity index (χ0v) is 12.7. The van der Waals surface area contributed by atoms with Crippen molar-refractivity contribution in [1.29, 1.82) is 0 Å². The molecular formula is C11H11BrN6S. The van der Waals surface area contributed by atoms with Crippen LogP contribution in [0.15, 0.2) is 16.7 Å². The molecule has 98 valence electrons. The molecule has 0 radical (unpaired) electrons. The van der Waals surface area contributed by atoms with Gasteiger partial charge in [-0.3, -0.25) is 0 Å². The van der Waals surface area contributed by atoms with E-state index in [2.05, 4.69) is 50.1 Å². The molecule has 0 fully saturated rings. The number of nitrogen functional groups attached to an aromatic ring is 1. The Balaban J connectivity index is 2.22. The van der Waals surface area contributed by atoms with Crippen LogP contribution in [-0.4, -0.2) is 24.8 Å². The van der Waals surface area contributed by atoms with Gasteiger partial charge in [-0.2, -0.15) is 4.98 Å². The van der Waals surface area contributed by atoms with Crippen molar-refractivity contribution in [3.8, 4) is 10.6 Å². The van der Waals surface area contributed by atoms with Crippen molar-refractivity contribution in [3.63, 3.8) is 0 Å². The Morgan fingerprint density at radius 2 is 2.16 bits per heavy atom. The molecule has 6 nitrogen and oxygen atoms in total. The van der Waals surface area contributed by atoms with Crippen LogP contribution >= 0.6 is 27.3 Å². The van der Waals surface area contributed by atoms with Crippen molar-refractivity contribution in [2.75, 3.05) is 5.73 Å². The van der Waals surface area contributed by atoms with Crippen LogP contribution in [0.2, 0.25) is 0 Å². The first-order chi connectivity index (χ1) is 9.04. The van der Waals surface area contributed by atoms with Gasteiger partial charge in [0.25, 0.3) is 0 Å². The highest BCUT2D eigenvalue weighted by Gasteiger charge is 2.15. The molecule has 0 atom stereocenters. The fourth-order valence-electron chi connectivity index (χ4n) is 1.70. The second-order valence-electron chi connectivity index (χ2n) is 4.41. The van der Waals surface area contributed by atoms with Gasteiger partial charge in [0.2, 0.25) is 5.95 Å². The number of pyridine rings is 1. The number of hydrogen-bond acceptors (Lipinski definition) is 6. The molecule has 0 unspecified atom stereocenters. The molecule has 8 heteroatoms. The van der Waals surface area contributed by atoms with Gasteiger partial charge in [-0.1, -0.05) is 25.2 Å². The van der Waals surface area contributed by atoms with Crippen LogP contribution in [0, 0.1) is 0 Å². The molecule has 3 aromatic heterocycles. The summed E-state index contributed by atoms with van der Waals surface area (Å²) >= 11 is 5.01. The van der Waals surface area contributed by atoms with E-state index in [1.807, 2.05) is 12.3 Å². The van der Waals surface area contributed by atoms with Crippen molar-refractivity contribution in [2.24, 2.45) is 0 Å². The number of nitrogens with two attached hydrogens (primary N) is 1. The van der Waals surface area contributed by atoms with E-state index in [0.717, 1.165) is 20.1 Å². The van der Waals surface area contributed by atoms with E-state index in [1.54, 1.807) is 15.9 Å². The standard InChI is InChI=1S/C11H11BrN6S/c1-5(2)9-15-16-10(19-9)7-3-6(12)4-18-8(7)14-11(13)17-18/h3-5H,1-2H3,(H2,13,17). The summed E-state index contributed by atoms with van der Waals surface area (Å²) in [6, 6.07) is 1.95. The molecule has 0 bridgehead atoms. The minimum Gasteiger partial charge on any atom is -0.366 e. The third kappa shape index (κ3) is 2.21. The average Bonchev–Trinajstić information content (AvgIpc) is 2.93. The Labute approximate surface area is 121 Å². The lowest BCUT2D eigenvalue weighted by Gasteiger charge is -1.99. The summed E-state index contributed by atoms with van der Waals surface area (Å²) in [5, 5.41) is 14.4. The maximum atomic E-state index is 5.65. The zero-order valence-electron chi connectivity index (χ0n) is 10.3. The van der Waals surface area contributed by atoms with Crippen molar-refractivity contribution < 1.29 is 0 Å². The summed E-state index contributed by atoms with van der Waals surface area (Å²) in [6.45, 7) is 4.19. The Kier molecular flexibility index (Phi) is 2.98. The summed E-state index contributed by atoms with van der Waals surface area (Å²) in [5.41, 5.74) is 7.21. The van der Waals surface area contributed by atoms with E-state index < -0.39 is 0 Å². The minimum absolute atomic E-state index is 0.243. The smallest absolute Gasteiger partial charge is 0.240 e. The molecule has 19 heavy (non-hydrogen) atoms. The zero-order chi connectivity index (χ0) is 13.6. The fraction of sp³-hybridized carbons (Fsp3) is 0.273. The highest BCUT2D eigenvalue weighted by molar-refractivity contribution is 9.10. The summed E-state index contributed by atoms with van der Waals surface area (Å²) in [6.07, 6.45) is 1.81. The summed E-state index contributed by atoms with van der Waals surface area (Å²) < 4.78 is 2.53. The van der Waals surface area contributed by atoms with Gasteiger partial charge in [0.1, 0.15) is 5.01 Å². The third-order valence-electron chi connectivity index (χ3n) is 2.58. The number of fused-ring (bicyclic) bond motifs is 1. The van der Waals surface area contributed by atoms with Gasteiger partial charge < -0.3 is 5.73 Å². The van der Waals surface area contributed by atoms with E-state index in [1.165, 1.54) is 0 Å². The van der Waals surface area contributed by atoms with Crippen molar-refractivity contribution in [2.45, 2.75) is 19.8 Å². The Morgan fingerprint density at radius 1 is 1.37 bits per heavy atom. The number of halogens is 1. The second-order valence-corrected chi connectivity index (χ2v) is 6.34. The van der Waals surface area contributed by atoms with Gasteiger partial charge in [0, 0.05) is 16.6 Å². The molecule has 0 amide bonds. The van der Waals surface area contributed by atoms with E-state index in [4.69, 9.17) is 5.73 Å². The van der Waals surface area contributed by atoms with Crippen LogP contribution in [0.1, 0.15) is 24.8 Å². The van der Waals surface area contributed by atoms with E-state index in [-0.39, 0.29) is 5.95 Å². The molecular weight excluding hydrogens is 328 g/mol. The molecule has 0 aliphatic heterocycles. The van der Waals surface area contributed by atoms with Gasteiger partial charge in [-0.15, -0.1) is 15.3 Å². The van der Waals surface area contributed by atoms with Gasteiger partial charge in [-0.05, 0) is 22.0 Å². The molecule has 3 aromatic rings. The molecule has 0 saturated carbocycles. The van der Waals surface area contributed by atoms with Crippen molar-refractivity contribution in [3.05, 3.63) is 21.7 Å². The molecule has 2 N–H and O–H groups in total. The summed E-state index contributed by atoms with van der Waals surface area (Å²) in [4.78, 5) is 4.23. The molecule has 3 rings (SSSR count). The lowest BCUT2D eigenvalue weighted by Crippen LogP contribution is -1.91. The van der Waals surface area contributed by atoms with Gasteiger partial charge in [0.15, 0.2) is 10.7 Å². The fourth-order valence-corrected chi connectivity index (χ4v) is 2.98. The molecule has 0 aromatic carbocycles. The molecule has 0 saturated heterocycles. The van der Waals surface area contributed by atoms with Crippen LogP contribution in [0.3, 0.4) is 0 Å². The summed E-state index contributed by atoms with van der Waals surface area (Å²) in [5.74, 6) is 0.602. The highest BCUT2D eigenvalue weighted by Crippen LogP contribution is 2.31. The van der Waals surface area contributed by atoms with Gasteiger partial charge >= 0.3 is 0 Å². The normalized spacial score (nSPS) is 11.6. The SMILES string of the molecule is CC(C)c1nnc(-c2cc(Br)cn3nc(N)nc23)s1. The quantitative estimate of drug-likeness (QED) is 0.776. The van der Waals surface area contributed by atoms with E-state index >= 15 is 0 Å². The van der Waals surface area contributed by atoms with Gasteiger partial charge in [-0.25, -0.2) is 4.52 Å². The van der Waals surface area contributed by atoms with Crippen LogP contribution in [0.4, 0.5) is 5.95 Å². The predicted molar refractivity (Wildman–Crippen MR) is 78.1 cm³/mol. The minimum atomic E-state index is 0.243. The maximum Gasteiger partial charge on any atom is 0.240 e. The van der Waals surface area contributed by atoms with Crippen LogP contribution in [0.25, 0.3) is 16.2 Å². The lowest BCUT2D eigenvalue weighted by atomic mass is 10.2. The monoisotopic (exact) mass is 338 g/mol. The van der Waals surface area contributed by atoms with Crippen LogP contribution < -0.4 is 5.73 Å². The Morgan fingerprint density at radius 3 is 2.84 bits per heavy atom. The van der Waals surface area contributed by atoms with Crippen LogP contribution in [0.5, 0.6) is 0 Å². The largest absolute Gasteiger partial charge is 0.366 e. The first-order valence-electron chi connectivity index (χ1n) is 5.70. The molecule has 3 heterocycles. The second kappa shape index (κ2) is 4.53. The van der Waals surface area contributed by atoms with Crippen molar-refractivity contribution in [1.82, 2.24) is 24.8 Å². The van der Waals surface area contributed by atoms with Crippen molar-refractivity contribution >= 4 is 38.9 Å².